The fourth-order valence-electron chi connectivity index (χ4n) is 4.29. The standard InChI is InChI=1S/C23H27F2N5O/c1-15(29-10-3-4-22(29)19-12-17(24)5-6-21(19)25)8-11-30-16(2)20(14-27-30)23(31)28-18-7-9-26-13-18/h5-6,8,11-12,14,18,22,26H,1,3-4,7,9-10,13H2,2H3,(H,28,31)/b11-8-/t18-,22+/m0/s1. The van der Waals surface area contributed by atoms with Crippen LogP contribution in [0.15, 0.2) is 42.7 Å². The summed E-state index contributed by atoms with van der Waals surface area (Å²) in [6, 6.07) is 3.44. The number of allylic oxidation sites excluding steroid dienone is 1. The maximum atomic E-state index is 14.3. The van der Waals surface area contributed by atoms with Gasteiger partial charge in [-0.15, -0.1) is 0 Å². The third kappa shape index (κ3) is 4.54. The van der Waals surface area contributed by atoms with Crippen LogP contribution in [-0.4, -0.2) is 46.3 Å². The van der Waals surface area contributed by atoms with Gasteiger partial charge >= 0.3 is 0 Å². The first-order valence-corrected chi connectivity index (χ1v) is 10.6. The molecule has 2 aromatic rings. The second kappa shape index (κ2) is 9.01. The first-order valence-electron chi connectivity index (χ1n) is 10.6. The number of hydrogen-bond acceptors (Lipinski definition) is 4. The van der Waals surface area contributed by atoms with E-state index in [1.807, 2.05) is 11.8 Å². The molecule has 2 N–H and O–H groups in total. The van der Waals surface area contributed by atoms with Gasteiger partial charge in [0.15, 0.2) is 0 Å². The van der Waals surface area contributed by atoms with Crippen molar-refractivity contribution in [1.29, 1.82) is 0 Å². The Labute approximate surface area is 180 Å². The molecule has 0 spiro atoms. The van der Waals surface area contributed by atoms with Gasteiger partial charge in [0.25, 0.3) is 5.91 Å². The zero-order chi connectivity index (χ0) is 22.0. The van der Waals surface area contributed by atoms with Crippen LogP contribution in [-0.2, 0) is 0 Å². The number of aromatic nitrogens is 2. The number of amides is 1. The zero-order valence-electron chi connectivity index (χ0n) is 17.6. The highest BCUT2D eigenvalue weighted by molar-refractivity contribution is 5.95. The minimum absolute atomic E-state index is 0.133. The molecule has 6 nitrogen and oxygen atoms in total. The van der Waals surface area contributed by atoms with Crippen LogP contribution in [0.5, 0.6) is 0 Å². The first kappa shape index (κ1) is 21.2. The molecule has 0 radical (unpaired) electrons. The van der Waals surface area contributed by atoms with Crippen molar-refractivity contribution in [2.75, 3.05) is 19.6 Å². The van der Waals surface area contributed by atoms with E-state index in [1.165, 1.54) is 12.1 Å². The fourth-order valence-corrected chi connectivity index (χ4v) is 4.29. The molecule has 164 valence electrons. The molecule has 2 fully saturated rings. The number of hydrogen-bond donors (Lipinski definition) is 2. The summed E-state index contributed by atoms with van der Waals surface area (Å²) in [6.45, 7) is 8.35. The fraction of sp³-hybridized carbons (Fsp3) is 0.391. The van der Waals surface area contributed by atoms with Crippen LogP contribution >= 0.6 is 0 Å². The van der Waals surface area contributed by atoms with E-state index in [1.54, 1.807) is 23.2 Å². The van der Waals surface area contributed by atoms with E-state index >= 15 is 0 Å². The van der Waals surface area contributed by atoms with Crippen molar-refractivity contribution in [3.05, 3.63) is 71.2 Å². The van der Waals surface area contributed by atoms with Gasteiger partial charge in [-0.05, 0) is 57.0 Å². The molecule has 0 aliphatic carbocycles. The van der Waals surface area contributed by atoms with E-state index in [0.717, 1.165) is 44.1 Å². The van der Waals surface area contributed by atoms with Crippen LogP contribution in [0.2, 0.25) is 0 Å². The van der Waals surface area contributed by atoms with Gasteiger partial charge in [0.1, 0.15) is 11.6 Å². The topological polar surface area (TPSA) is 62.2 Å². The molecule has 1 aromatic heterocycles. The third-order valence-corrected chi connectivity index (χ3v) is 6.03. The Morgan fingerprint density at radius 3 is 2.97 bits per heavy atom. The lowest BCUT2D eigenvalue weighted by molar-refractivity contribution is 0.0939. The van der Waals surface area contributed by atoms with Gasteiger partial charge in [-0.25, -0.2) is 13.5 Å². The Morgan fingerprint density at radius 2 is 2.19 bits per heavy atom. The van der Waals surface area contributed by atoms with E-state index in [0.29, 0.717) is 23.4 Å². The summed E-state index contributed by atoms with van der Waals surface area (Å²) in [6.07, 6.45) is 7.60. The molecular weight excluding hydrogens is 400 g/mol. The second-order valence-electron chi connectivity index (χ2n) is 8.08. The molecule has 4 rings (SSSR count). The normalized spacial score (nSPS) is 21.2. The Hall–Kier alpha value is -3.00. The van der Waals surface area contributed by atoms with Crippen LogP contribution in [0, 0.1) is 18.6 Å². The number of nitrogens with zero attached hydrogens (tertiary/aromatic N) is 3. The molecule has 3 heterocycles. The van der Waals surface area contributed by atoms with E-state index < -0.39 is 11.6 Å². The molecule has 2 aliphatic heterocycles. The number of halogens is 2. The molecular formula is C23H27F2N5O. The monoisotopic (exact) mass is 427 g/mol. The van der Waals surface area contributed by atoms with Gasteiger partial charge < -0.3 is 15.5 Å². The zero-order valence-corrected chi connectivity index (χ0v) is 17.6. The molecule has 2 atom stereocenters. The Bertz CT molecular complexity index is 1010. The van der Waals surface area contributed by atoms with Gasteiger partial charge in [0.05, 0.1) is 23.5 Å². The highest BCUT2D eigenvalue weighted by atomic mass is 19.1. The molecule has 0 bridgehead atoms. The molecule has 1 amide bonds. The maximum absolute atomic E-state index is 14.3. The molecule has 2 aliphatic rings. The van der Waals surface area contributed by atoms with E-state index in [-0.39, 0.29) is 18.0 Å². The number of carbonyl (C=O) groups excluding carboxylic acids is 1. The molecule has 0 unspecified atom stereocenters. The largest absolute Gasteiger partial charge is 0.365 e. The highest BCUT2D eigenvalue weighted by Gasteiger charge is 2.28. The lowest BCUT2D eigenvalue weighted by Gasteiger charge is -2.27. The predicted molar refractivity (Wildman–Crippen MR) is 115 cm³/mol. The lowest BCUT2D eigenvalue weighted by Crippen LogP contribution is -2.36. The van der Waals surface area contributed by atoms with Crippen LogP contribution in [0.1, 0.15) is 46.9 Å². The van der Waals surface area contributed by atoms with Crippen molar-refractivity contribution in [3.63, 3.8) is 0 Å². The smallest absolute Gasteiger partial charge is 0.255 e. The first-order chi connectivity index (χ1) is 14.9. The second-order valence-corrected chi connectivity index (χ2v) is 8.08. The molecule has 0 saturated carbocycles. The maximum Gasteiger partial charge on any atom is 0.255 e. The van der Waals surface area contributed by atoms with Crippen molar-refractivity contribution in [2.24, 2.45) is 0 Å². The summed E-state index contributed by atoms with van der Waals surface area (Å²) in [5.41, 5.74) is 2.29. The predicted octanol–water partition coefficient (Wildman–Crippen LogP) is 3.38. The summed E-state index contributed by atoms with van der Waals surface area (Å²) >= 11 is 0. The number of carbonyl (C=O) groups is 1. The van der Waals surface area contributed by atoms with Crippen molar-refractivity contribution in [3.8, 4) is 0 Å². The van der Waals surface area contributed by atoms with Gasteiger partial charge in [0.2, 0.25) is 0 Å². The minimum atomic E-state index is -0.448. The summed E-state index contributed by atoms with van der Waals surface area (Å²) in [7, 11) is 0. The van der Waals surface area contributed by atoms with Crippen molar-refractivity contribution in [1.82, 2.24) is 25.3 Å². The Kier molecular flexibility index (Phi) is 6.18. The molecule has 2 saturated heterocycles. The minimum Gasteiger partial charge on any atom is -0.365 e. The SMILES string of the molecule is C=C(/C=C\n1ncc(C(=O)N[C@H]2CCNC2)c1C)N1CCC[C@@H]1c1cc(F)ccc1F. The van der Waals surface area contributed by atoms with Gasteiger partial charge in [-0.2, -0.15) is 5.10 Å². The highest BCUT2D eigenvalue weighted by Crippen LogP contribution is 2.36. The Balaban J connectivity index is 1.46. The van der Waals surface area contributed by atoms with Crippen LogP contribution in [0.25, 0.3) is 6.20 Å². The third-order valence-electron chi connectivity index (χ3n) is 6.03. The lowest BCUT2D eigenvalue weighted by atomic mass is 10.0. The van der Waals surface area contributed by atoms with E-state index in [9.17, 15) is 13.6 Å². The summed E-state index contributed by atoms with van der Waals surface area (Å²) in [5, 5.41) is 10.5. The van der Waals surface area contributed by atoms with Gasteiger partial charge in [-0.3, -0.25) is 4.79 Å². The number of nitrogens with one attached hydrogen (secondary N) is 2. The van der Waals surface area contributed by atoms with Crippen LogP contribution in [0.4, 0.5) is 8.78 Å². The Morgan fingerprint density at radius 1 is 1.35 bits per heavy atom. The van der Waals surface area contributed by atoms with Crippen LogP contribution in [0.3, 0.4) is 0 Å². The quantitative estimate of drug-likeness (QED) is 0.694. The number of likely N-dealkylation sites (tertiary alicyclic amines) is 1. The van der Waals surface area contributed by atoms with E-state index in [4.69, 9.17) is 0 Å². The van der Waals surface area contributed by atoms with Gasteiger partial charge in [0, 0.05) is 36.6 Å². The van der Waals surface area contributed by atoms with Crippen molar-refractivity contribution in [2.45, 2.75) is 38.3 Å². The van der Waals surface area contributed by atoms with Crippen LogP contribution < -0.4 is 10.6 Å². The van der Waals surface area contributed by atoms with Crippen molar-refractivity contribution < 1.29 is 13.6 Å². The van der Waals surface area contributed by atoms with Crippen molar-refractivity contribution >= 4 is 12.1 Å². The average molecular weight is 427 g/mol. The van der Waals surface area contributed by atoms with Gasteiger partial charge in [-0.1, -0.05) is 6.58 Å². The summed E-state index contributed by atoms with van der Waals surface area (Å²) < 4.78 is 29.6. The summed E-state index contributed by atoms with van der Waals surface area (Å²) in [4.78, 5) is 14.5. The molecule has 1 aromatic carbocycles. The summed E-state index contributed by atoms with van der Waals surface area (Å²) in [5.74, 6) is -0.993. The average Bonchev–Trinajstić information content (AvgIpc) is 3.49. The number of benzene rings is 1. The molecule has 8 heteroatoms. The molecule has 31 heavy (non-hydrogen) atoms. The van der Waals surface area contributed by atoms with E-state index in [2.05, 4.69) is 22.3 Å². The number of rotatable bonds is 6.